The van der Waals surface area contributed by atoms with Crippen LogP contribution >= 0.6 is 0 Å². The third-order valence-electron chi connectivity index (χ3n) is 3.03. The Balaban J connectivity index is 1.68. The van der Waals surface area contributed by atoms with E-state index in [2.05, 4.69) is 35.1 Å². The molecule has 3 nitrogen and oxygen atoms in total. The zero-order chi connectivity index (χ0) is 11.4. The summed E-state index contributed by atoms with van der Waals surface area (Å²) >= 11 is 0. The number of nitrogens with zero attached hydrogens (tertiary/aromatic N) is 2. The number of nitrogens with one attached hydrogen (secondary N) is 1. The number of hydrogen-bond donors (Lipinski definition) is 1. The van der Waals surface area contributed by atoms with Gasteiger partial charge in [-0.2, -0.15) is 5.10 Å². The van der Waals surface area contributed by atoms with E-state index in [4.69, 9.17) is 0 Å². The predicted molar refractivity (Wildman–Crippen MR) is 66.1 cm³/mol. The molecule has 0 amide bonds. The van der Waals surface area contributed by atoms with E-state index in [9.17, 15) is 0 Å². The Labute approximate surface area is 98.2 Å². The van der Waals surface area contributed by atoms with Crippen LogP contribution in [0.4, 0.5) is 0 Å². The van der Waals surface area contributed by atoms with E-state index in [-0.39, 0.29) is 0 Å². The number of hydrogen-bond acceptors (Lipinski definition) is 2. The monoisotopic (exact) mass is 221 g/mol. The molecule has 16 heavy (non-hydrogen) atoms. The van der Waals surface area contributed by atoms with Crippen LogP contribution in [0.25, 0.3) is 0 Å². The first-order valence-electron chi connectivity index (χ1n) is 6.46. The highest BCUT2D eigenvalue weighted by Gasteiger charge is 2.20. The lowest BCUT2D eigenvalue weighted by atomic mass is 10.2. The molecule has 0 spiro atoms. The first kappa shape index (κ1) is 11.6. The summed E-state index contributed by atoms with van der Waals surface area (Å²) in [6, 6.07) is 0. The maximum Gasteiger partial charge on any atom is 0.0534 e. The molecule has 1 aliphatic carbocycles. The van der Waals surface area contributed by atoms with Crippen LogP contribution in [0.1, 0.15) is 38.7 Å². The van der Waals surface area contributed by atoms with Crippen LogP contribution in [0.15, 0.2) is 12.4 Å². The first-order chi connectivity index (χ1) is 7.74. The molecular weight excluding hydrogens is 198 g/mol. The largest absolute Gasteiger partial charge is 0.312 e. The van der Waals surface area contributed by atoms with Crippen molar-refractivity contribution in [2.45, 2.75) is 46.2 Å². The van der Waals surface area contributed by atoms with Gasteiger partial charge in [0.1, 0.15) is 0 Å². The number of aromatic nitrogens is 2. The summed E-state index contributed by atoms with van der Waals surface area (Å²) in [6.45, 7) is 7.57. The molecule has 0 atom stereocenters. The quantitative estimate of drug-likeness (QED) is 0.766. The fourth-order valence-corrected chi connectivity index (χ4v) is 1.85. The van der Waals surface area contributed by atoms with Gasteiger partial charge in [-0.3, -0.25) is 4.68 Å². The van der Waals surface area contributed by atoms with Gasteiger partial charge in [-0.15, -0.1) is 0 Å². The van der Waals surface area contributed by atoms with Crippen LogP contribution < -0.4 is 5.32 Å². The zero-order valence-electron chi connectivity index (χ0n) is 10.4. The van der Waals surface area contributed by atoms with Crippen molar-refractivity contribution in [3.8, 4) is 0 Å². The molecule has 1 heterocycles. The Morgan fingerprint density at radius 1 is 1.50 bits per heavy atom. The smallest absolute Gasteiger partial charge is 0.0534 e. The van der Waals surface area contributed by atoms with E-state index in [0.717, 1.165) is 25.6 Å². The van der Waals surface area contributed by atoms with Crippen LogP contribution in [-0.2, 0) is 13.1 Å². The maximum absolute atomic E-state index is 4.39. The molecule has 1 aliphatic rings. The van der Waals surface area contributed by atoms with Crippen LogP contribution in [0.5, 0.6) is 0 Å². The van der Waals surface area contributed by atoms with Crippen molar-refractivity contribution in [3.63, 3.8) is 0 Å². The minimum atomic E-state index is 0.713. The third-order valence-corrected chi connectivity index (χ3v) is 3.03. The lowest BCUT2D eigenvalue weighted by Crippen LogP contribution is -2.18. The summed E-state index contributed by atoms with van der Waals surface area (Å²) in [6.07, 6.45) is 8.34. The molecule has 2 rings (SSSR count). The number of rotatable bonds is 7. The number of aryl methyl sites for hydroxylation is 1. The Kier molecular flexibility index (Phi) is 3.99. The summed E-state index contributed by atoms with van der Waals surface area (Å²) in [5.41, 5.74) is 1.30. The van der Waals surface area contributed by atoms with E-state index in [1.165, 1.54) is 24.8 Å². The predicted octanol–water partition coefficient (Wildman–Crippen LogP) is 2.43. The van der Waals surface area contributed by atoms with Crippen LogP contribution in [0.2, 0.25) is 0 Å². The molecule has 3 heteroatoms. The molecule has 0 aliphatic heterocycles. The highest BCUT2D eigenvalue weighted by atomic mass is 15.3. The van der Waals surface area contributed by atoms with Gasteiger partial charge in [0.05, 0.1) is 6.20 Å². The lowest BCUT2D eigenvalue weighted by molar-refractivity contribution is 0.542. The second kappa shape index (κ2) is 5.48. The topological polar surface area (TPSA) is 29.9 Å². The average Bonchev–Trinajstić information content (AvgIpc) is 2.96. The highest BCUT2D eigenvalue weighted by molar-refractivity contribution is 5.03. The molecule has 1 saturated carbocycles. The minimum Gasteiger partial charge on any atom is -0.312 e. The van der Waals surface area contributed by atoms with Gasteiger partial charge < -0.3 is 5.32 Å². The Bertz CT molecular complexity index is 313. The van der Waals surface area contributed by atoms with E-state index in [1.807, 2.05) is 6.20 Å². The second-order valence-corrected chi connectivity index (χ2v) is 5.37. The molecule has 0 bridgehead atoms. The molecule has 0 unspecified atom stereocenters. The lowest BCUT2D eigenvalue weighted by Gasteiger charge is -2.05. The molecule has 0 saturated heterocycles. The third kappa shape index (κ3) is 3.97. The second-order valence-electron chi connectivity index (χ2n) is 5.37. The van der Waals surface area contributed by atoms with Crippen LogP contribution in [0.3, 0.4) is 0 Å². The van der Waals surface area contributed by atoms with Crippen molar-refractivity contribution >= 4 is 0 Å². The summed E-state index contributed by atoms with van der Waals surface area (Å²) in [5.74, 6) is 1.71. The molecule has 1 aromatic heterocycles. The van der Waals surface area contributed by atoms with Crippen molar-refractivity contribution in [2.75, 3.05) is 6.54 Å². The van der Waals surface area contributed by atoms with E-state index in [1.54, 1.807) is 0 Å². The summed E-state index contributed by atoms with van der Waals surface area (Å²) < 4.78 is 2.09. The molecule has 90 valence electrons. The average molecular weight is 221 g/mol. The van der Waals surface area contributed by atoms with E-state index in [0.29, 0.717) is 5.92 Å². The zero-order valence-corrected chi connectivity index (χ0v) is 10.4. The van der Waals surface area contributed by atoms with Gasteiger partial charge in [0.2, 0.25) is 0 Å². The van der Waals surface area contributed by atoms with Crippen molar-refractivity contribution in [1.29, 1.82) is 0 Å². The Morgan fingerprint density at radius 3 is 3.00 bits per heavy atom. The normalized spacial score (nSPS) is 15.9. The molecular formula is C13H23N3. The van der Waals surface area contributed by atoms with Crippen molar-refractivity contribution in [3.05, 3.63) is 18.0 Å². The summed E-state index contributed by atoms with van der Waals surface area (Å²) in [5, 5.41) is 7.83. The van der Waals surface area contributed by atoms with Gasteiger partial charge in [0, 0.05) is 24.8 Å². The van der Waals surface area contributed by atoms with Crippen LogP contribution in [0, 0.1) is 11.8 Å². The molecule has 0 aromatic carbocycles. The summed E-state index contributed by atoms with van der Waals surface area (Å²) in [7, 11) is 0. The SMILES string of the molecule is CC(C)CNCc1cnn(CCC2CC2)c1. The fourth-order valence-electron chi connectivity index (χ4n) is 1.85. The van der Waals surface area contributed by atoms with Gasteiger partial charge in [-0.25, -0.2) is 0 Å². The van der Waals surface area contributed by atoms with Crippen LogP contribution in [-0.4, -0.2) is 16.3 Å². The maximum atomic E-state index is 4.39. The molecule has 0 radical (unpaired) electrons. The molecule has 1 aromatic rings. The Hall–Kier alpha value is -0.830. The van der Waals surface area contributed by atoms with E-state index < -0.39 is 0 Å². The molecule has 1 N–H and O–H groups in total. The van der Waals surface area contributed by atoms with Crippen molar-refractivity contribution < 1.29 is 0 Å². The van der Waals surface area contributed by atoms with E-state index >= 15 is 0 Å². The Morgan fingerprint density at radius 2 is 2.31 bits per heavy atom. The van der Waals surface area contributed by atoms with Gasteiger partial charge in [0.25, 0.3) is 0 Å². The van der Waals surface area contributed by atoms with Crippen molar-refractivity contribution in [2.24, 2.45) is 11.8 Å². The first-order valence-corrected chi connectivity index (χ1v) is 6.46. The van der Waals surface area contributed by atoms with Gasteiger partial charge in [-0.1, -0.05) is 26.7 Å². The summed E-state index contributed by atoms with van der Waals surface area (Å²) in [4.78, 5) is 0. The van der Waals surface area contributed by atoms with Gasteiger partial charge in [0.15, 0.2) is 0 Å². The fraction of sp³-hybridized carbons (Fsp3) is 0.769. The van der Waals surface area contributed by atoms with Crippen molar-refractivity contribution in [1.82, 2.24) is 15.1 Å². The molecule has 1 fully saturated rings. The van der Waals surface area contributed by atoms with Gasteiger partial charge >= 0.3 is 0 Å². The van der Waals surface area contributed by atoms with Gasteiger partial charge in [-0.05, 0) is 24.8 Å². The minimum absolute atomic E-state index is 0.713. The standard InChI is InChI=1S/C13H23N3/c1-11(2)7-14-8-13-9-15-16(10-13)6-5-12-3-4-12/h9-12,14H,3-8H2,1-2H3. The highest BCUT2D eigenvalue weighted by Crippen LogP contribution is 2.32.